The molecule has 0 heterocycles. The van der Waals surface area contributed by atoms with E-state index < -0.39 is 21.1 Å². The summed E-state index contributed by atoms with van der Waals surface area (Å²) in [5, 5.41) is 2.41. The molecule has 2 atom stereocenters. The first kappa shape index (κ1) is 22.7. The number of rotatable bonds is 8. The zero-order valence-electron chi connectivity index (χ0n) is 18.3. The Labute approximate surface area is 188 Å². The van der Waals surface area contributed by atoms with Crippen molar-refractivity contribution in [2.45, 2.75) is 69.4 Å². The highest BCUT2D eigenvalue weighted by atomic mass is 32.2. The van der Waals surface area contributed by atoms with E-state index in [9.17, 15) is 17.6 Å². The van der Waals surface area contributed by atoms with Crippen molar-refractivity contribution in [3.8, 4) is 16.9 Å². The van der Waals surface area contributed by atoms with E-state index in [-0.39, 0.29) is 24.1 Å². The van der Waals surface area contributed by atoms with E-state index in [4.69, 9.17) is 4.74 Å². The largest absolute Gasteiger partial charge is 0.489 e. The molecule has 8 heteroatoms. The highest BCUT2D eigenvalue weighted by Gasteiger charge is 2.33. The second-order valence-electron chi connectivity index (χ2n) is 8.88. The van der Waals surface area contributed by atoms with Gasteiger partial charge in [-0.05, 0) is 75.8 Å². The number of ether oxygens (including phenoxy) is 1. The molecule has 0 saturated heterocycles. The third-order valence-electron chi connectivity index (χ3n) is 5.97. The quantitative estimate of drug-likeness (QED) is 0.623. The summed E-state index contributed by atoms with van der Waals surface area (Å²) in [5.41, 5.74) is 1.49. The lowest BCUT2D eigenvalue weighted by atomic mass is 10.0. The van der Waals surface area contributed by atoms with Crippen molar-refractivity contribution in [2.24, 2.45) is 0 Å². The molecule has 2 aromatic rings. The van der Waals surface area contributed by atoms with Gasteiger partial charge in [-0.3, -0.25) is 4.79 Å². The predicted molar refractivity (Wildman–Crippen MR) is 122 cm³/mol. The van der Waals surface area contributed by atoms with Gasteiger partial charge in [-0.15, -0.1) is 0 Å². The summed E-state index contributed by atoms with van der Waals surface area (Å²) in [4.78, 5) is 12.3. The van der Waals surface area contributed by atoms with Gasteiger partial charge in [0.2, 0.25) is 10.0 Å². The Morgan fingerprint density at radius 2 is 1.88 bits per heavy atom. The van der Waals surface area contributed by atoms with Crippen LogP contribution in [-0.2, 0) is 10.0 Å². The summed E-state index contributed by atoms with van der Waals surface area (Å²) in [6, 6.07) is 11.5. The van der Waals surface area contributed by atoms with Crippen LogP contribution >= 0.6 is 0 Å². The molecular formula is C24H29FN2O4S. The first-order chi connectivity index (χ1) is 15.2. The summed E-state index contributed by atoms with van der Waals surface area (Å²) in [7, 11) is -3.41. The van der Waals surface area contributed by atoms with Crippen LogP contribution in [0.5, 0.6) is 5.75 Å². The van der Waals surface area contributed by atoms with Gasteiger partial charge >= 0.3 is 0 Å². The van der Waals surface area contributed by atoms with Crippen LogP contribution in [0.15, 0.2) is 42.5 Å². The van der Waals surface area contributed by atoms with E-state index in [0.29, 0.717) is 35.3 Å². The van der Waals surface area contributed by atoms with Gasteiger partial charge in [0, 0.05) is 23.2 Å². The first-order valence-corrected chi connectivity index (χ1v) is 12.7. The average Bonchev–Trinajstić information content (AvgIpc) is 3.46. The number of hydrogen-bond acceptors (Lipinski definition) is 4. The smallest absolute Gasteiger partial charge is 0.251 e. The average molecular weight is 461 g/mol. The van der Waals surface area contributed by atoms with Crippen molar-refractivity contribution in [3.63, 3.8) is 0 Å². The number of amides is 1. The normalized spacial score (nSPS) is 21.0. The molecule has 0 radical (unpaired) electrons. The van der Waals surface area contributed by atoms with Crippen molar-refractivity contribution < 1.29 is 22.3 Å². The number of benzene rings is 2. The van der Waals surface area contributed by atoms with Gasteiger partial charge in [-0.2, -0.15) is 0 Å². The molecule has 0 aliphatic heterocycles. The highest BCUT2D eigenvalue weighted by molar-refractivity contribution is 7.90. The summed E-state index contributed by atoms with van der Waals surface area (Å²) in [5.74, 6) is -0.250. The van der Waals surface area contributed by atoms with Crippen LogP contribution in [0.2, 0.25) is 0 Å². The molecule has 0 spiro atoms. The second kappa shape index (κ2) is 9.19. The highest BCUT2D eigenvalue weighted by Crippen LogP contribution is 2.30. The van der Waals surface area contributed by atoms with Crippen molar-refractivity contribution in [1.82, 2.24) is 10.0 Å². The molecule has 0 bridgehead atoms. The van der Waals surface area contributed by atoms with Crippen LogP contribution in [0.1, 0.15) is 56.3 Å². The number of sulfonamides is 1. The molecular weight excluding hydrogens is 431 g/mol. The molecule has 1 amide bonds. The fraction of sp³-hybridized carbons (Fsp3) is 0.458. The van der Waals surface area contributed by atoms with Gasteiger partial charge in [-0.1, -0.05) is 12.1 Å². The van der Waals surface area contributed by atoms with Crippen molar-refractivity contribution in [3.05, 3.63) is 53.8 Å². The lowest BCUT2D eigenvalue weighted by molar-refractivity contribution is 0.0951. The SMILES string of the molecule is CC(C)S(=O)(=O)NC1CCCC1Oc1ccc(-c2cccc(C(=O)NC3CC3)c2)c(F)c1. The minimum absolute atomic E-state index is 0.147. The maximum absolute atomic E-state index is 14.9. The molecule has 2 fully saturated rings. The topological polar surface area (TPSA) is 84.5 Å². The lowest BCUT2D eigenvalue weighted by Crippen LogP contribution is -2.44. The van der Waals surface area contributed by atoms with Crippen LogP contribution in [-0.4, -0.2) is 37.8 Å². The maximum Gasteiger partial charge on any atom is 0.251 e. The minimum Gasteiger partial charge on any atom is -0.489 e. The Balaban J connectivity index is 1.47. The van der Waals surface area contributed by atoms with Crippen LogP contribution in [0.3, 0.4) is 0 Å². The summed E-state index contributed by atoms with van der Waals surface area (Å²) >= 11 is 0. The van der Waals surface area contributed by atoms with E-state index >= 15 is 0 Å². The first-order valence-electron chi connectivity index (χ1n) is 11.1. The van der Waals surface area contributed by atoms with Gasteiger partial charge in [-0.25, -0.2) is 17.5 Å². The van der Waals surface area contributed by atoms with Crippen LogP contribution in [0.25, 0.3) is 11.1 Å². The fourth-order valence-corrected chi connectivity index (χ4v) is 4.82. The van der Waals surface area contributed by atoms with Gasteiger partial charge < -0.3 is 10.1 Å². The second-order valence-corrected chi connectivity index (χ2v) is 11.1. The minimum atomic E-state index is -3.41. The maximum atomic E-state index is 14.9. The summed E-state index contributed by atoms with van der Waals surface area (Å²) < 4.78 is 48.1. The van der Waals surface area contributed by atoms with Gasteiger partial charge in [0.05, 0.1) is 11.3 Å². The fourth-order valence-electron chi connectivity index (χ4n) is 3.85. The van der Waals surface area contributed by atoms with Gasteiger partial charge in [0.15, 0.2) is 0 Å². The number of nitrogens with one attached hydrogen (secondary N) is 2. The van der Waals surface area contributed by atoms with Crippen molar-refractivity contribution in [1.29, 1.82) is 0 Å². The van der Waals surface area contributed by atoms with Crippen molar-refractivity contribution in [2.75, 3.05) is 0 Å². The molecule has 2 aliphatic carbocycles. The Hall–Kier alpha value is -2.45. The van der Waals surface area contributed by atoms with Crippen LogP contribution < -0.4 is 14.8 Å². The van der Waals surface area contributed by atoms with E-state index in [1.54, 1.807) is 50.2 Å². The Morgan fingerprint density at radius 3 is 2.56 bits per heavy atom. The number of hydrogen-bond donors (Lipinski definition) is 2. The Kier molecular flexibility index (Phi) is 6.53. The molecule has 2 aromatic carbocycles. The summed E-state index contributed by atoms with van der Waals surface area (Å²) in [6.45, 7) is 3.26. The molecule has 4 rings (SSSR count). The summed E-state index contributed by atoms with van der Waals surface area (Å²) in [6.07, 6.45) is 3.89. The standard InChI is InChI=1S/C24H29FN2O4S/c1-15(2)32(29,30)27-22-7-4-8-23(22)31-19-11-12-20(21(25)14-19)16-5-3-6-17(13-16)24(28)26-18-9-10-18/h3,5-6,11-15,18,22-23,27H,4,7-10H2,1-2H3,(H,26,28). The lowest BCUT2D eigenvalue weighted by Gasteiger charge is -2.23. The number of halogens is 1. The van der Waals surface area contributed by atoms with E-state index in [0.717, 1.165) is 19.3 Å². The van der Waals surface area contributed by atoms with Gasteiger partial charge in [0.1, 0.15) is 17.7 Å². The predicted octanol–water partition coefficient (Wildman–Crippen LogP) is 4.01. The van der Waals surface area contributed by atoms with E-state index in [1.807, 2.05) is 0 Å². The molecule has 172 valence electrons. The monoisotopic (exact) mass is 460 g/mol. The number of carbonyl (C=O) groups is 1. The Bertz CT molecular complexity index is 1100. The molecule has 0 aromatic heterocycles. The van der Waals surface area contributed by atoms with E-state index in [2.05, 4.69) is 10.0 Å². The van der Waals surface area contributed by atoms with Crippen LogP contribution in [0.4, 0.5) is 4.39 Å². The van der Waals surface area contributed by atoms with Gasteiger partial charge in [0.25, 0.3) is 5.91 Å². The number of carbonyl (C=O) groups excluding carboxylic acids is 1. The van der Waals surface area contributed by atoms with Crippen LogP contribution in [0, 0.1) is 5.82 Å². The van der Waals surface area contributed by atoms with Crippen molar-refractivity contribution >= 4 is 15.9 Å². The molecule has 2 aliphatic rings. The Morgan fingerprint density at radius 1 is 1.09 bits per heavy atom. The molecule has 2 saturated carbocycles. The molecule has 32 heavy (non-hydrogen) atoms. The third kappa shape index (κ3) is 5.30. The zero-order valence-corrected chi connectivity index (χ0v) is 19.1. The molecule has 2 N–H and O–H groups in total. The molecule has 2 unspecified atom stereocenters. The molecule has 6 nitrogen and oxygen atoms in total. The third-order valence-corrected chi connectivity index (χ3v) is 7.84. The zero-order chi connectivity index (χ0) is 22.9. The van der Waals surface area contributed by atoms with E-state index in [1.165, 1.54) is 6.07 Å².